The van der Waals surface area contributed by atoms with Crippen LogP contribution in [0.2, 0.25) is 0 Å². The molecule has 0 saturated carbocycles. The van der Waals surface area contributed by atoms with Gasteiger partial charge in [-0.15, -0.1) is 0 Å². The number of unbranched alkanes of at least 4 members (excludes halogenated alkanes) is 1. The Hall–Kier alpha value is -2.76. The molecule has 0 atom stereocenters. The molecule has 0 radical (unpaired) electrons. The molecule has 0 N–H and O–H groups in total. The van der Waals surface area contributed by atoms with Crippen LogP contribution >= 0.6 is 0 Å². The number of ether oxygens (including phenoxy) is 1. The molecule has 1 aliphatic heterocycles. The number of carbonyl (C=O) groups is 1. The Kier molecular flexibility index (Phi) is 6.74. The molecule has 3 rings (SSSR count). The summed E-state index contributed by atoms with van der Waals surface area (Å²) < 4.78 is 5.49. The summed E-state index contributed by atoms with van der Waals surface area (Å²) in [7, 11) is 3.55. The zero-order chi connectivity index (χ0) is 19.9. The van der Waals surface area contributed by atoms with Gasteiger partial charge in [-0.05, 0) is 30.7 Å². The molecule has 1 saturated heterocycles. The molecule has 1 aromatic carbocycles. The fraction of sp³-hybridized carbons (Fsp3) is 0.455. The average Bonchev–Trinajstić information content (AvgIpc) is 2.77. The van der Waals surface area contributed by atoms with E-state index >= 15 is 0 Å². The maximum atomic E-state index is 12.4. The Morgan fingerprint density at radius 3 is 2.46 bits per heavy atom. The number of amides is 1. The van der Waals surface area contributed by atoms with Gasteiger partial charge in [0.1, 0.15) is 11.4 Å². The van der Waals surface area contributed by atoms with E-state index in [4.69, 9.17) is 4.74 Å². The number of rotatable bonds is 7. The van der Waals surface area contributed by atoms with Gasteiger partial charge in [-0.2, -0.15) is 0 Å². The number of anilines is 2. The van der Waals surface area contributed by atoms with Crippen molar-refractivity contribution in [2.75, 3.05) is 56.7 Å². The number of benzene rings is 1. The van der Waals surface area contributed by atoms with E-state index in [9.17, 15) is 4.79 Å². The zero-order valence-electron chi connectivity index (χ0n) is 17.1. The molecule has 0 bridgehead atoms. The van der Waals surface area contributed by atoms with Gasteiger partial charge in [0.25, 0.3) is 5.91 Å². The van der Waals surface area contributed by atoms with Crippen molar-refractivity contribution >= 4 is 17.3 Å². The highest BCUT2D eigenvalue weighted by Gasteiger charge is 2.20. The number of aromatic nitrogens is 1. The van der Waals surface area contributed by atoms with Gasteiger partial charge in [0.15, 0.2) is 0 Å². The second-order valence-electron chi connectivity index (χ2n) is 7.13. The molecular weight excluding hydrogens is 352 g/mol. The van der Waals surface area contributed by atoms with E-state index in [0.717, 1.165) is 62.7 Å². The number of methoxy groups -OCH3 is 1. The van der Waals surface area contributed by atoms with Gasteiger partial charge in [0, 0.05) is 39.8 Å². The van der Waals surface area contributed by atoms with E-state index in [0.29, 0.717) is 5.69 Å². The van der Waals surface area contributed by atoms with Crippen molar-refractivity contribution in [2.45, 2.75) is 19.8 Å². The quantitative estimate of drug-likeness (QED) is 0.735. The fourth-order valence-corrected chi connectivity index (χ4v) is 3.49. The number of nitrogens with zero attached hydrogens (tertiary/aromatic N) is 4. The number of para-hydroxylation sites is 2. The number of pyridine rings is 1. The lowest BCUT2D eigenvalue weighted by Crippen LogP contribution is -2.46. The molecule has 1 aromatic heterocycles. The molecule has 2 heterocycles. The molecule has 1 fully saturated rings. The van der Waals surface area contributed by atoms with E-state index in [1.54, 1.807) is 12.0 Å². The summed E-state index contributed by atoms with van der Waals surface area (Å²) in [6, 6.07) is 12.0. The van der Waals surface area contributed by atoms with Gasteiger partial charge in [-0.3, -0.25) is 4.79 Å². The molecule has 0 spiro atoms. The Morgan fingerprint density at radius 2 is 1.82 bits per heavy atom. The topological polar surface area (TPSA) is 48.9 Å². The summed E-state index contributed by atoms with van der Waals surface area (Å²) in [5.74, 6) is 0.897. The maximum absolute atomic E-state index is 12.4. The van der Waals surface area contributed by atoms with Crippen LogP contribution in [0.25, 0.3) is 0 Å². The SMILES string of the molecule is CCCCN(C)C(=O)c1ccc(N2CCN(c3ccccc3OC)CC2)cn1. The second kappa shape index (κ2) is 9.44. The van der Waals surface area contributed by atoms with Crippen LogP contribution in [0, 0.1) is 0 Å². The Labute approximate surface area is 167 Å². The highest BCUT2D eigenvalue weighted by Crippen LogP contribution is 2.29. The normalized spacial score (nSPS) is 14.1. The first-order valence-corrected chi connectivity index (χ1v) is 9.98. The average molecular weight is 383 g/mol. The van der Waals surface area contributed by atoms with E-state index in [1.807, 2.05) is 43.6 Å². The summed E-state index contributed by atoms with van der Waals surface area (Å²) in [6.07, 6.45) is 3.90. The highest BCUT2D eigenvalue weighted by atomic mass is 16.5. The molecule has 0 unspecified atom stereocenters. The van der Waals surface area contributed by atoms with Crippen molar-refractivity contribution in [3.8, 4) is 5.75 Å². The van der Waals surface area contributed by atoms with Gasteiger partial charge in [0.05, 0.1) is 24.7 Å². The first kappa shape index (κ1) is 20.0. The zero-order valence-corrected chi connectivity index (χ0v) is 17.1. The minimum absolute atomic E-state index is 0.0130. The van der Waals surface area contributed by atoms with E-state index < -0.39 is 0 Å². The predicted molar refractivity (Wildman–Crippen MR) is 114 cm³/mol. The van der Waals surface area contributed by atoms with Gasteiger partial charge in [0.2, 0.25) is 0 Å². The molecule has 150 valence electrons. The summed E-state index contributed by atoms with van der Waals surface area (Å²) in [5, 5.41) is 0. The summed E-state index contributed by atoms with van der Waals surface area (Å²) >= 11 is 0. The Bertz CT molecular complexity index is 770. The van der Waals surface area contributed by atoms with E-state index in [-0.39, 0.29) is 5.91 Å². The lowest BCUT2D eigenvalue weighted by Gasteiger charge is -2.37. The largest absolute Gasteiger partial charge is 0.495 e. The Morgan fingerprint density at radius 1 is 1.11 bits per heavy atom. The van der Waals surface area contributed by atoms with Crippen LogP contribution in [0.4, 0.5) is 11.4 Å². The van der Waals surface area contributed by atoms with Crippen molar-refractivity contribution in [1.29, 1.82) is 0 Å². The molecule has 0 aliphatic carbocycles. The van der Waals surface area contributed by atoms with Crippen molar-refractivity contribution in [3.05, 3.63) is 48.3 Å². The van der Waals surface area contributed by atoms with Gasteiger partial charge < -0.3 is 19.4 Å². The molecule has 6 nitrogen and oxygen atoms in total. The summed E-state index contributed by atoms with van der Waals surface area (Å²) in [6.45, 7) is 6.54. The third-order valence-electron chi connectivity index (χ3n) is 5.23. The molecule has 6 heteroatoms. The molecule has 1 amide bonds. The number of piperazine rings is 1. The first-order valence-electron chi connectivity index (χ1n) is 9.98. The van der Waals surface area contributed by atoms with Crippen molar-refractivity contribution in [3.63, 3.8) is 0 Å². The monoisotopic (exact) mass is 382 g/mol. The Balaban J connectivity index is 1.59. The second-order valence-corrected chi connectivity index (χ2v) is 7.13. The lowest BCUT2D eigenvalue weighted by molar-refractivity contribution is 0.0787. The number of hydrogen-bond acceptors (Lipinski definition) is 5. The minimum atomic E-state index is -0.0130. The molecular formula is C22H30N4O2. The summed E-state index contributed by atoms with van der Waals surface area (Å²) in [5.41, 5.74) is 2.71. The molecule has 1 aliphatic rings. The maximum Gasteiger partial charge on any atom is 0.272 e. The third kappa shape index (κ3) is 4.55. The van der Waals surface area contributed by atoms with Crippen LogP contribution in [-0.4, -0.2) is 62.7 Å². The van der Waals surface area contributed by atoms with Crippen LogP contribution < -0.4 is 14.5 Å². The lowest BCUT2D eigenvalue weighted by atomic mass is 10.2. The van der Waals surface area contributed by atoms with Crippen LogP contribution in [0.15, 0.2) is 42.6 Å². The van der Waals surface area contributed by atoms with E-state index in [2.05, 4.69) is 27.8 Å². The minimum Gasteiger partial charge on any atom is -0.495 e. The predicted octanol–water partition coefficient (Wildman–Crippen LogP) is 3.29. The van der Waals surface area contributed by atoms with Gasteiger partial charge in [-0.25, -0.2) is 4.98 Å². The van der Waals surface area contributed by atoms with Crippen LogP contribution in [-0.2, 0) is 0 Å². The van der Waals surface area contributed by atoms with Crippen LogP contribution in [0.5, 0.6) is 5.75 Å². The van der Waals surface area contributed by atoms with Crippen LogP contribution in [0.3, 0.4) is 0 Å². The smallest absolute Gasteiger partial charge is 0.272 e. The number of carbonyl (C=O) groups excluding carboxylic acids is 1. The highest BCUT2D eigenvalue weighted by molar-refractivity contribution is 5.92. The van der Waals surface area contributed by atoms with Crippen LogP contribution in [0.1, 0.15) is 30.3 Å². The van der Waals surface area contributed by atoms with Crippen molar-refractivity contribution in [1.82, 2.24) is 9.88 Å². The molecule has 2 aromatic rings. The third-order valence-corrected chi connectivity index (χ3v) is 5.23. The first-order chi connectivity index (χ1) is 13.6. The van der Waals surface area contributed by atoms with Crippen molar-refractivity contribution < 1.29 is 9.53 Å². The summed E-state index contributed by atoms with van der Waals surface area (Å²) in [4.78, 5) is 23.3. The van der Waals surface area contributed by atoms with E-state index in [1.165, 1.54) is 0 Å². The van der Waals surface area contributed by atoms with Gasteiger partial charge in [-0.1, -0.05) is 25.5 Å². The fourth-order valence-electron chi connectivity index (χ4n) is 3.49. The van der Waals surface area contributed by atoms with Crippen molar-refractivity contribution in [2.24, 2.45) is 0 Å². The number of hydrogen-bond donors (Lipinski definition) is 0. The molecule has 28 heavy (non-hydrogen) atoms. The standard InChI is InChI=1S/C22H30N4O2/c1-4-5-12-24(2)22(27)19-11-10-18(17-23-19)25-13-15-26(16-14-25)20-8-6-7-9-21(20)28-3/h6-11,17H,4-5,12-16H2,1-3H3. The van der Waals surface area contributed by atoms with Gasteiger partial charge >= 0.3 is 0 Å².